The molecule has 0 unspecified atom stereocenters. The number of hydrogen-bond donors (Lipinski definition) is 7. The molecule has 266 valence electrons. The fraction of sp³-hybridized carbons (Fsp3) is 1.00. The molecule has 7 N–H and O–H groups in total. The molecule has 0 aromatic heterocycles. The molecule has 0 aromatic carbocycles. The van der Waals surface area contributed by atoms with Gasteiger partial charge in [0.1, 0.15) is 30.0 Å². The van der Waals surface area contributed by atoms with Gasteiger partial charge in [-0.05, 0) is 99.7 Å². The maximum absolute atomic E-state index is 12.3. The van der Waals surface area contributed by atoms with Crippen LogP contribution in [0, 0.1) is 45.3 Å². The van der Waals surface area contributed by atoms with E-state index in [1.807, 2.05) is 0 Å². The number of rotatable bonds is 8. The van der Waals surface area contributed by atoms with Crippen molar-refractivity contribution < 1.29 is 50.0 Å². The summed E-state index contributed by atoms with van der Waals surface area (Å²) in [5.74, 6) is 1.16. The van der Waals surface area contributed by atoms with Crippen molar-refractivity contribution in [3.05, 3.63) is 0 Å². The van der Waals surface area contributed by atoms with Crippen molar-refractivity contribution in [1.29, 1.82) is 0 Å². The van der Waals surface area contributed by atoms with E-state index in [1.54, 1.807) is 13.8 Å². The van der Waals surface area contributed by atoms with Crippen LogP contribution < -0.4 is 0 Å². The number of aliphatic hydroxyl groups excluding tert-OH is 6. The first-order valence-corrected chi connectivity index (χ1v) is 17.9. The van der Waals surface area contributed by atoms with E-state index in [-0.39, 0.29) is 40.3 Å². The van der Waals surface area contributed by atoms with Crippen LogP contribution in [-0.4, -0.2) is 109 Å². The van der Waals surface area contributed by atoms with Crippen molar-refractivity contribution in [1.82, 2.24) is 0 Å². The third-order valence-electron chi connectivity index (χ3n) is 15.5. The predicted molar refractivity (Wildman–Crippen MR) is 169 cm³/mol. The Morgan fingerprint density at radius 2 is 1.57 bits per heavy atom. The summed E-state index contributed by atoms with van der Waals surface area (Å²) in [6, 6.07) is 0. The number of epoxide rings is 1. The van der Waals surface area contributed by atoms with Crippen LogP contribution in [-0.2, 0) is 14.2 Å². The monoisotopic (exact) mass is 654 g/mol. The summed E-state index contributed by atoms with van der Waals surface area (Å²) in [5.41, 5.74) is -2.53. The lowest BCUT2D eigenvalue weighted by atomic mass is 9.36. The van der Waals surface area contributed by atoms with Crippen LogP contribution in [0.5, 0.6) is 0 Å². The van der Waals surface area contributed by atoms with Gasteiger partial charge in [0.15, 0.2) is 6.29 Å². The second-order valence-corrected chi connectivity index (χ2v) is 18.2. The second-order valence-electron chi connectivity index (χ2n) is 18.2. The van der Waals surface area contributed by atoms with Crippen LogP contribution in [0.15, 0.2) is 0 Å². The molecule has 0 bridgehead atoms. The molecule has 10 heteroatoms. The van der Waals surface area contributed by atoms with Crippen LogP contribution >= 0.6 is 0 Å². The molecule has 6 aliphatic rings. The highest BCUT2D eigenvalue weighted by molar-refractivity contribution is 5.30. The second kappa shape index (κ2) is 11.3. The van der Waals surface area contributed by atoms with Gasteiger partial charge >= 0.3 is 0 Å². The van der Waals surface area contributed by atoms with E-state index in [1.165, 1.54) is 0 Å². The summed E-state index contributed by atoms with van der Waals surface area (Å²) in [5, 5.41) is 74.2. The highest BCUT2D eigenvalue weighted by Gasteiger charge is 2.83. The fourth-order valence-electron chi connectivity index (χ4n) is 12.3. The molecule has 0 amide bonds. The van der Waals surface area contributed by atoms with E-state index in [0.29, 0.717) is 24.7 Å². The van der Waals surface area contributed by atoms with Crippen molar-refractivity contribution in [3.8, 4) is 0 Å². The summed E-state index contributed by atoms with van der Waals surface area (Å²) in [7, 11) is 0. The molecule has 0 radical (unpaired) electrons. The number of fused-ring (bicyclic) bond motifs is 4. The number of hydrogen-bond acceptors (Lipinski definition) is 10. The molecule has 46 heavy (non-hydrogen) atoms. The van der Waals surface area contributed by atoms with Gasteiger partial charge < -0.3 is 50.0 Å². The van der Waals surface area contributed by atoms with E-state index in [9.17, 15) is 35.7 Å². The minimum absolute atomic E-state index is 0.0146. The quantitative estimate of drug-likeness (QED) is 0.152. The Morgan fingerprint density at radius 1 is 0.891 bits per heavy atom. The lowest BCUT2D eigenvalue weighted by Gasteiger charge is -2.68. The predicted octanol–water partition coefficient (Wildman–Crippen LogP) is 2.51. The topological polar surface area (TPSA) is 173 Å². The Kier molecular flexibility index (Phi) is 8.71. The molecule has 6 fully saturated rings. The zero-order valence-electron chi connectivity index (χ0n) is 29.2. The minimum Gasteiger partial charge on any atom is -0.394 e. The molecule has 6 rings (SSSR count). The third kappa shape index (κ3) is 4.71. The van der Waals surface area contributed by atoms with Crippen molar-refractivity contribution in [2.24, 2.45) is 45.3 Å². The van der Waals surface area contributed by atoms with Gasteiger partial charge in [-0.2, -0.15) is 0 Å². The Labute approximate surface area is 274 Å². The molecular weight excluding hydrogens is 592 g/mol. The third-order valence-corrected chi connectivity index (χ3v) is 15.5. The van der Waals surface area contributed by atoms with E-state index < -0.39 is 66.1 Å². The Bertz CT molecular complexity index is 1140. The summed E-state index contributed by atoms with van der Waals surface area (Å²) in [4.78, 5) is 0. The lowest BCUT2D eigenvalue weighted by Crippen LogP contribution is -2.70. The van der Waals surface area contributed by atoms with Gasteiger partial charge in [0.05, 0.1) is 36.6 Å². The highest BCUT2D eigenvalue weighted by Crippen LogP contribution is 2.80. The van der Waals surface area contributed by atoms with Gasteiger partial charge in [-0.1, -0.05) is 41.5 Å². The van der Waals surface area contributed by atoms with Crippen molar-refractivity contribution >= 4 is 0 Å². The molecular formula is C36H62O10. The number of ether oxygens (including phenoxy) is 3. The van der Waals surface area contributed by atoms with Gasteiger partial charge in [-0.25, -0.2) is 0 Å². The van der Waals surface area contributed by atoms with Crippen LogP contribution in [0.4, 0.5) is 0 Å². The summed E-state index contributed by atoms with van der Waals surface area (Å²) < 4.78 is 19.0. The lowest BCUT2D eigenvalue weighted by molar-refractivity contribution is -0.328. The first-order chi connectivity index (χ1) is 21.2. The first kappa shape index (κ1) is 35.4. The van der Waals surface area contributed by atoms with Crippen molar-refractivity contribution in [3.63, 3.8) is 0 Å². The first-order valence-electron chi connectivity index (χ1n) is 17.9. The van der Waals surface area contributed by atoms with Crippen LogP contribution in [0.25, 0.3) is 0 Å². The fourth-order valence-corrected chi connectivity index (χ4v) is 12.3. The largest absolute Gasteiger partial charge is 0.394 e. The molecule has 0 aromatic rings. The van der Waals surface area contributed by atoms with E-state index in [2.05, 4.69) is 41.5 Å². The molecule has 4 aliphatic carbocycles. The van der Waals surface area contributed by atoms with Crippen molar-refractivity contribution in [2.75, 3.05) is 6.61 Å². The van der Waals surface area contributed by atoms with Crippen LogP contribution in [0.1, 0.15) is 107 Å². The molecule has 2 saturated heterocycles. The molecule has 2 heterocycles. The molecule has 2 aliphatic heterocycles. The van der Waals surface area contributed by atoms with E-state index >= 15 is 0 Å². The number of aliphatic hydroxyl groups is 7. The maximum Gasteiger partial charge on any atom is 0.186 e. The molecule has 4 saturated carbocycles. The van der Waals surface area contributed by atoms with Gasteiger partial charge in [0, 0.05) is 10.8 Å². The summed E-state index contributed by atoms with van der Waals surface area (Å²) in [6.07, 6.45) is -1.62. The summed E-state index contributed by atoms with van der Waals surface area (Å²) in [6.45, 7) is 16.6. The van der Waals surface area contributed by atoms with Crippen LogP contribution in [0.3, 0.4) is 0 Å². The van der Waals surface area contributed by atoms with E-state index in [0.717, 1.165) is 38.5 Å². The maximum atomic E-state index is 12.3. The van der Waals surface area contributed by atoms with Gasteiger partial charge in [0.2, 0.25) is 0 Å². The smallest absolute Gasteiger partial charge is 0.186 e. The zero-order valence-corrected chi connectivity index (χ0v) is 29.2. The van der Waals surface area contributed by atoms with Crippen molar-refractivity contribution in [2.45, 2.75) is 173 Å². The van der Waals surface area contributed by atoms with Gasteiger partial charge in [-0.15, -0.1) is 0 Å². The molecule has 10 nitrogen and oxygen atoms in total. The Morgan fingerprint density at radius 3 is 2.20 bits per heavy atom. The average molecular weight is 655 g/mol. The average Bonchev–Trinajstić information content (AvgIpc) is 3.65. The molecule has 17 atom stereocenters. The standard InChI is InChI=1S/C36H62O10/c1-18(9-11-23(38)32(4,5)43)19-13-14-33(6)22-15-26-36(46-26)21(35(22,8)24(39)16-34(19,33)7)10-12-25(31(36,2)3)45-30-29(42)28(41)27(40)20(17-37)44-30/h18-30,37-43H,9-17H2,1-8H3/t18-,19-,20-,21+,22+,23-,24-,25+,26+,27-,28+,29-,30+,33+,34-,35+,36-/m1/s1. The van der Waals surface area contributed by atoms with Gasteiger partial charge in [0.25, 0.3) is 0 Å². The normalized spacial score (nSPS) is 54.2. The highest BCUT2D eigenvalue weighted by atomic mass is 16.7. The SMILES string of the molecule is C[C@H](CC[C@@H](O)C(C)(C)O)[C@H]1CC[C@@]2(C)[C@@H]3C[C@@H]4O[C@]45[C@@H](CC[C@H](O[C@@H]4O[C@H](CO)[C@@H](O)[C@H](O)[C@H]4O)C5(C)C)[C@]3(C)[C@H](O)C[C@]12C. The Balaban J connectivity index is 1.23. The van der Waals surface area contributed by atoms with Gasteiger partial charge in [-0.3, -0.25) is 0 Å². The van der Waals surface area contributed by atoms with E-state index in [4.69, 9.17) is 14.2 Å². The molecule has 1 spiro atoms. The Hall–Kier alpha value is -0.400. The zero-order chi connectivity index (χ0) is 34.0. The summed E-state index contributed by atoms with van der Waals surface area (Å²) >= 11 is 0. The minimum atomic E-state index is -1.50. The van der Waals surface area contributed by atoms with Crippen LogP contribution in [0.2, 0.25) is 0 Å².